The maximum absolute atomic E-state index is 14.4. The molecule has 1 unspecified atom stereocenters. The third kappa shape index (κ3) is 3.01. The van der Waals surface area contributed by atoms with Crippen molar-refractivity contribution < 1.29 is 4.39 Å². The highest BCUT2D eigenvalue weighted by molar-refractivity contribution is 9.10. The Kier molecular flexibility index (Phi) is 5.08. The number of nitrogens with one attached hydrogen (secondary N) is 1. The Morgan fingerprint density at radius 3 is 2.40 bits per heavy atom. The summed E-state index contributed by atoms with van der Waals surface area (Å²) in [6.45, 7) is 1.95. The minimum absolute atomic E-state index is 0.0920. The van der Waals surface area contributed by atoms with E-state index in [-0.39, 0.29) is 11.1 Å². The molecule has 0 saturated heterocycles. The van der Waals surface area contributed by atoms with Gasteiger partial charge in [-0.05, 0) is 59.2 Å². The fraction of sp³-hybridized carbons (Fsp3) is 0.200. The number of rotatable bonds is 3. The van der Waals surface area contributed by atoms with E-state index in [4.69, 9.17) is 23.2 Å². The molecule has 1 N–H and O–H groups in total. The summed E-state index contributed by atoms with van der Waals surface area (Å²) in [7, 11) is 1.79. The van der Waals surface area contributed by atoms with E-state index >= 15 is 0 Å². The normalized spacial score (nSPS) is 12.5. The van der Waals surface area contributed by atoms with Crippen LogP contribution in [0.25, 0.3) is 0 Å². The lowest BCUT2D eigenvalue weighted by Gasteiger charge is -2.21. The van der Waals surface area contributed by atoms with E-state index in [0.29, 0.717) is 15.1 Å². The van der Waals surface area contributed by atoms with Gasteiger partial charge in [0.05, 0.1) is 11.1 Å². The van der Waals surface area contributed by atoms with Gasteiger partial charge in [-0.2, -0.15) is 0 Å². The van der Waals surface area contributed by atoms with Crippen molar-refractivity contribution in [2.24, 2.45) is 0 Å². The van der Waals surface area contributed by atoms with Gasteiger partial charge in [0, 0.05) is 15.1 Å². The zero-order chi connectivity index (χ0) is 14.9. The Morgan fingerprint density at radius 2 is 1.80 bits per heavy atom. The fourth-order valence-corrected chi connectivity index (χ4v) is 2.91. The van der Waals surface area contributed by atoms with E-state index in [9.17, 15) is 4.39 Å². The van der Waals surface area contributed by atoms with Crippen LogP contribution in [0.3, 0.4) is 0 Å². The summed E-state index contributed by atoms with van der Waals surface area (Å²) in [5.41, 5.74) is 2.47. The van der Waals surface area contributed by atoms with Crippen molar-refractivity contribution in [1.29, 1.82) is 0 Å². The van der Waals surface area contributed by atoms with Crippen molar-refractivity contribution >= 4 is 39.1 Å². The van der Waals surface area contributed by atoms with Crippen molar-refractivity contribution in [1.82, 2.24) is 5.32 Å². The topological polar surface area (TPSA) is 12.0 Å². The molecule has 2 aromatic rings. The molecule has 0 fully saturated rings. The summed E-state index contributed by atoms with van der Waals surface area (Å²) < 4.78 is 14.9. The lowest BCUT2D eigenvalue weighted by molar-refractivity contribution is 0.575. The van der Waals surface area contributed by atoms with E-state index in [2.05, 4.69) is 21.2 Å². The molecule has 0 radical (unpaired) electrons. The van der Waals surface area contributed by atoms with Gasteiger partial charge in [0.1, 0.15) is 5.82 Å². The molecule has 106 valence electrons. The lowest BCUT2D eigenvalue weighted by Crippen LogP contribution is -2.20. The number of benzene rings is 2. The van der Waals surface area contributed by atoms with Crippen LogP contribution in [0.4, 0.5) is 4.39 Å². The van der Waals surface area contributed by atoms with E-state index in [1.807, 2.05) is 19.1 Å². The first-order valence-corrected chi connectivity index (χ1v) is 7.57. The molecule has 20 heavy (non-hydrogen) atoms. The van der Waals surface area contributed by atoms with Crippen LogP contribution in [-0.2, 0) is 0 Å². The first kappa shape index (κ1) is 15.8. The van der Waals surface area contributed by atoms with Crippen LogP contribution in [0.5, 0.6) is 0 Å². The molecule has 1 atom stereocenters. The van der Waals surface area contributed by atoms with E-state index in [0.717, 1.165) is 11.1 Å². The predicted octanol–water partition coefficient (Wildman–Crippen LogP) is 5.51. The SMILES string of the molecule is CNC(c1ccc(Cl)cc1C)c1ccc(Br)c(Cl)c1F. The van der Waals surface area contributed by atoms with Gasteiger partial charge < -0.3 is 5.32 Å². The smallest absolute Gasteiger partial charge is 0.148 e. The highest BCUT2D eigenvalue weighted by Gasteiger charge is 2.20. The number of hydrogen-bond acceptors (Lipinski definition) is 1. The van der Waals surface area contributed by atoms with Gasteiger partial charge in [-0.15, -0.1) is 0 Å². The highest BCUT2D eigenvalue weighted by atomic mass is 79.9. The number of aryl methyl sites for hydroxylation is 1. The van der Waals surface area contributed by atoms with Crippen LogP contribution in [0.2, 0.25) is 10.0 Å². The molecule has 0 aliphatic heterocycles. The quantitative estimate of drug-likeness (QED) is 0.696. The van der Waals surface area contributed by atoms with Crippen molar-refractivity contribution in [3.05, 3.63) is 67.4 Å². The number of halogens is 4. The molecule has 0 bridgehead atoms. The largest absolute Gasteiger partial charge is 0.309 e. The molecule has 0 aliphatic carbocycles. The van der Waals surface area contributed by atoms with Crippen LogP contribution in [0.15, 0.2) is 34.8 Å². The molecule has 0 aromatic heterocycles. The first-order valence-electron chi connectivity index (χ1n) is 6.02. The maximum atomic E-state index is 14.4. The fourth-order valence-electron chi connectivity index (χ4n) is 2.21. The summed E-state index contributed by atoms with van der Waals surface area (Å²) in [5.74, 6) is -0.422. The molecular weight excluding hydrogens is 364 g/mol. The Hall–Kier alpha value is -0.610. The molecule has 2 aromatic carbocycles. The third-order valence-corrected chi connectivity index (χ3v) is 4.70. The summed E-state index contributed by atoms with van der Waals surface area (Å²) in [4.78, 5) is 0. The molecule has 0 heterocycles. The summed E-state index contributed by atoms with van der Waals surface area (Å²) >= 11 is 15.2. The van der Waals surface area contributed by atoms with Crippen LogP contribution >= 0.6 is 39.1 Å². The molecule has 1 nitrogen and oxygen atoms in total. The van der Waals surface area contributed by atoms with Gasteiger partial charge in [-0.3, -0.25) is 0 Å². The second-order valence-electron chi connectivity index (χ2n) is 4.49. The second kappa shape index (κ2) is 6.44. The molecule has 0 aliphatic rings. The van der Waals surface area contributed by atoms with Crippen molar-refractivity contribution in [3.63, 3.8) is 0 Å². The second-order valence-corrected chi connectivity index (χ2v) is 6.16. The van der Waals surface area contributed by atoms with Crippen LogP contribution < -0.4 is 5.32 Å². The maximum Gasteiger partial charge on any atom is 0.148 e. The first-order chi connectivity index (χ1) is 9.45. The Bertz CT molecular complexity index is 646. The van der Waals surface area contributed by atoms with Gasteiger partial charge in [-0.25, -0.2) is 4.39 Å². The zero-order valence-corrected chi connectivity index (χ0v) is 14.1. The molecule has 0 amide bonds. The summed E-state index contributed by atoms with van der Waals surface area (Å²) in [5, 5.41) is 3.88. The zero-order valence-electron chi connectivity index (χ0n) is 11.0. The van der Waals surface area contributed by atoms with Gasteiger partial charge in [-0.1, -0.05) is 35.3 Å². The van der Waals surface area contributed by atoms with Crippen LogP contribution in [0, 0.1) is 12.7 Å². The molecule has 5 heteroatoms. The molecular formula is C15H13BrCl2FN. The average Bonchev–Trinajstić information content (AvgIpc) is 2.41. The Morgan fingerprint density at radius 1 is 1.15 bits per heavy atom. The predicted molar refractivity (Wildman–Crippen MR) is 86.2 cm³/mol. The molecule has 0 spiro atoms. The number of hydrogen-bond donors (Lipinski definition) is 1. The minimum Gasteiger partial charge on any atom is -0.309 e. The lowest BCUT2D eigenvalue weighted by atomic mass is 9.95. The van der Waals surface area contributed by atoms with Crippen LogP contribution in [-0.4, -0.2) is 7.05 Å². The Labute approximate surface area is 136 Å². The monoisotopic (exact) mass is 375 g/mol. The minimum atomic E-state index is -0.422. The molecule has 0 saturated carbocycles. The highest BCUT2D eigenvalue weighted by Crippen LogP contribution is 2.34. The van der Waals surface area contributed by atoms with Crippen LogP contribution in [0.1, 0.15) is 22.7 Å². The molecule has 2 rings (SSSR count). The van der Waals surface area contributed by atoms with E-state index < -0.39 is 5.82 Å². The van der Waals surface area contributed by atoms with Crippen molar-refractivity contribution in [3.8, 4) is 0 Å². The Balaban J connectivity index is 2.55. The standard InChI is InChI=1S/C15H13BrCl2FN/c1-8-7-9(17)3-4-10(8)15(20-2)11-5-6-12(16)13(18)14(11)19/h3-7,15,20H,1-2H3. The average molecular weight is 377 g/mol. The third-order valence-electron chi connectivity index (χ3n) is 3.21. The van der Waals surface area contributed by atoms with E-state index in [1.165, 1.54) is 0 Å². The van der Waals surface area contributed by atoms with E-state index in [1.54, 1.807) is 25.2 Å². The van der Waals surface area contributed by atoms with Gasteiger partial charge in [0.15, 0.2) is 0 Å². The van der Waals surface area contributed by atoms with Gasteiger partial charge >= 0.3 is 0 Å². The van der Waals surface area contributed by atoms with Gasteiger partial charge in [0.25, 0.3) is 0 Å². The summed E-state index contributed by atoms with van der Waals surface area (Å²) in [6.07, 6.45) is 0. The van der Waals surface area contributed by atoms with Crippen molar-refractivity contribution in [2.75, 3.05) is 7.05 Å². The van der Waals surface area contributed by atoms with Crippen molar-refractivity contribution in [2.45, 2.75) is 13.0 Å². The van der Waals surface area contributed by atoms with Gasteiger partial charge in [0.2, 0.25) is 0 Å². The summed E-state index contributed by atoms with van der Waals surface area (Å²) in [6, 6.07) is 8.75.